The van der Waals surface area contributed by atoms with Crippen molar-refractivity contribution in [1.82, 2.24) is 14.6 Å². The molecule has 0 fully saturated rings. The molecule has 1 aromatic carbocycles. The van der Waals surface area contributed by atoms with E-state index in [9.17, 15) is 0 Å². The lowest BCUT2D eigenvalue weighted by molar-refractivity contribution is 0.920. The van der Waals surface area contributed by atoms with Gasteiger partial charge in [0.05, 0.1) is 5.69 Å². The molecule has 18 heavy (non-hydrogen) atoms. The number of aromatic nitrogens is 3. The predicted molar refractivity (Wildman–Crippen MR) is 72.6 cm³/mol. The van der Waals surface area contributed by atoms with Crippen LogP contribution < -0.4 is 5.73 Å². The zero-order valence-corrected chi connectivity index (χ0v) is 10.5. The van der Waals surface area contributed by atoms with E-state index in [-0.39, 0.29) is 0 Å². The van der Waals surface area contributed by atoms with Crippen LogP contribution in [0, 0.1) is 6.92 Å². The fraction of sp³-hybridized carbons (Fsp3) is 0.0769. The summed E-state index contributed by atoms with van der Waals surface area (Å²) in [6.07, 6.45) is 0. The molecular formula is C13H11ClN4. The third kappa shape index (κ3) is 1.71. The number of hydrogen-bond acceptors (Lipinski definition) is 3. The molecule has 0 unspecified atom stereocenters. The van der Waals surface area contributed by atoms with Crippen molar-refractivity contribution in [2.24, 2.45) is 0 Å². The van der Waals surface area contributed by atoms with Crippen LogP contribution in [-0.2, 0) is 0 Å². The van der Waals surface area contributed by atoms with E-state index in [4.69, 9.17) is 17.3 Å². The fourth-order valence-electron chi connectivity index (χ4n) is 1.85. The molecule has 90 valence electrons. The van der Waals surface area contributed by atoms with Gasteiger partial charge in [0.15, 0.2) is 11.5 Å². The predicted octanol–water partition coefficient (Wildman–Crippen LogP) is 2.94. The minimum absolute atomic E-state index is 0.612. The molecule has 4 nitrogen and oxygen atoms in total. The van der Waals surface area contributed by atoms with Crippen LogP contribution in [0.3, 0.4) is 0 Å². The lowest BCUT2D eigenvalue weighted by atomic mass is 10.2. The zero-order valence-electron chi connectivity index (χ0n) is 9.76. The lowest BCUT2D eigenvalue weighted by Gasteiger charge is -1.98. The van der Waals surface area contributed by atoms with Gasteiger partial charge in [-0.15, -0.1) is 5.10 Å². The quantitative estimate of drug-likeness (QED) is 0.730. The van der Waals surface area contributed by atoms with Crippen molar-refractivity contribution in [2.75, 3.05) is 5.73 Å². The Hall–Kier alpha value is -2.07. The fourth-order valence-corrected chi connectivity index (χ4v) is 2.04. The average Bonchev–Trinajstić information content (AvgIpc) is 2.80. The number of rotatable bonds is 1. The molecule has 0 amide bonds. The van der Waals surface area contributed by atoms with E-state index in [0.717, 1.165) is 11.3 Å². The van der Waals surface area contributed by atoms with Crippen LogP contribution in [0.5, 0.6) is 0 Å². The highest BCUT2D eigenvalue weighted by Gasteiger charge is 2.10. The van der Waals surface area contributed by atoms with Gasteiger partial charge < -0.3 is 5.73 Å². The Balaban J connectivity index is 2.26. The second-order valence-corrected chi connectivity index (χ2v) is 4.55. The van der Waals surface area contributed by atoms with E-state index >= 15 is 0 Å². The van der Waals surface area contributed by atoms with Gasteiger partial charge >= 0.3 is 0 Å². The summed E-state index contributed by atoms with van der Waals surface area (Å²) in [5.74, 6) is 0.624. The van der Waals surface area contributed by atoms with Crippen molar-refractivity contribution in [2.45, 2.75) is 6.92 Å². The largest absolute Gasteiger partial charge is 0.396 e. The molecule has 0 aliphatic heterocycles. The first-order valence-corrected chi connectivity index (χ1v) is 5.91. The first kappa shape index (κ1) is 11.0. The summed E-state index contributed by atoms with van der Waals surface area (Å²) in [4.78, 5) is 4.45. The smallest absolute Gasteiger partial charge is 0.182 e. The summed E-state index contributed by atoms with van der Waals surface area (Å²) >= 11 is 5.97. The van der Waals surface area contributed by atoms with Gasteiger partial charge in [0.1, 0.15) is 0 Å². The monoisotopic (exact) mass is 258 g/mol. The first-order valence-electron chi connectivity index (χ1n) is 5.53. The Bertz CT molecular complexity index is 694. The van der Waals surface area contributed by atoms with Gasteiger partial charge in [-0.1, -0.05) is 23.7 Å². The Morgan fingerprint density at radius 2 is 2.06 bits per heavy atom. The van der Waals surface area contributed by atoms with Crippen LogP contribution in [-0.4, -0.2) is 14.6 Å². The van der Waals surface area contributed by atoms with Crippen molar-refractivity contribution in [3.63, 3.8) is 0 Å². The van der Waals surface area contributed by atoms with E-state index in [2.05, 4.69) is 10.1 Å². The van der Waals surface area contributed by atoms with E-state index in [1.807, 2.05) is 43.3 Å². The zero-order chi connectivity index (χ0) is 12.7. The Morgan fingerprint density at radius 1 is 1.22 bits per heavy atom. The maximum atomic E-state index is 5.97. The maximum absolute atomic E-state index is 5.97. The molecule has 5 heteroatoms. The number of hydrogen-bond donors (Lipinski definition) is 1. The van der Waals surface area contributed by atoms with Gasteiger partial charge in [0.2, 0.25) is 0 Å². The Labute approximate surface area is 109 Å². The molecule has 0 bridgehead atoms. The molecular weight excluding hydrogens is 248 g/mol. The minimum Gasteiger partial charge on any atom is -0.396 e. The molecule has 0 saturated carbocycles. The van der Waals surface area contributed by atoms with Gasteiger partial charge in [-0.25, -0.2) is 9.50 Å². The highest BCUT2D eigenvalue weighted by Crippen LogP contribution is 2.22. The number of halogens is 1. The van der Waals surface area contributed by atoms with E-state index in [1.165, 1.54) is 0 Å². The van der Waals surface area contributed by atoms with Gasteiger partial charge in [0.25, 0.3) is 0 Å². The molecule has 2 heterocycles. The van der Waals surface area contributed by atoms with Crippen molar-refractivity contribution in [3.8, 4) is 11.4 Å². The van der Waals surface area contributed by atoms with Gasteiger partial charge in [-0.05, 0) is 31.2 Å². The third-order valence-corrected chi connectivity index (χ3v) is 3.02. The number of nitrogens with two attached hydrogens (primary N) is 1. The second-order valence-electron chi connectivity index (χ2n) is 4.11. The SMILES string of the molecule is Cc1ccc(N)c2nc(-c3cccc(Cl)c3)nn12. The van der Waals surface area contributed by atoms with Crippen LogP contribution in [0.15, 0.2) is 36.4 Å². The number of nitrogen functional groups attached to an aromatic ring is 1. The van der Waals surface area contributed by atoms with E-state index in [1.54, 1.807) is 4.52 Å². The summed E-state index contributed by atoms with van der Waals surface area (Å²) in [7, 11) is 0. The summed E-state index contributed by atoms with van der Waals surface area (Å²) in [5, 5.41) is 5.11. The second kappa shape index (κ2) is 3.99. The lowest BCUT2D eigenvalue weighted by Crippen LogP contribution is -1.97. The third-order valence-electron chi connectivity index (χ3n) is 2.79. The van der Waals surface area contributed by atoms with Crippen molar-refractivity contribution >= 4 is 22.9 Å². The Morgan fingerprint density at radius 3 is 2.78 bits per heavy atom. The van der Waals surface area contributed by atoms with Crippen LogP contribution in [0.1, 0.15) is 5.69 Å². The summed E-state index contributed by atoms with van der Waals surface area (Å²) in [5.41, 5.74) is 9.05. The van der Waals surface area contributed by atoms with Gasteiger partial charge in [0, 0.05) is 16.3 Å². The molecule has 0 aliphatic carbocycles. The number of aryl methyl sites for hydroxylation is 1. The molecule has 2 aromatic heterocycles. The molecule has 0 spiro atoms. The summed E-state index contributed by atoms with van der Waals surface area (Å²) in [6, 6.07) is 11.2. The molecule has 0 aliphatic rings. The Kier molecular flexibility index (Phi) is 2.45. The number of pyridine rings is 1. The normalized spacial score (nSPS) is 11.0. The number of benzene rings is 1. The van der Waals surface area contributed by atoms with Crippen molar-refractivity contribution in [3.05, 3.63) is 47.1 Å². The molecule has 0 saturated heterocycles. The van der Waals surface area contributed by atoms with Crippen molar-refractivity contribution in [1.29, 1.82) is 0 Å². The van der Waals surface area contributed by atoms with E-state index < -0.39 is 0 Å². The highest BCUT2D eigenvalue weighted by atomic mass is 35.5. The molecule has 0 atom stereocenters. The molecule has 0 radical (unpaired) electrons. The highest BCUT2D eigenvalue weighted by molar-refractivity contribution is 6.30. The maximum Gasteiger partial charge on any atom is 0.182 e. The van der Waals surface area contributed by atoms with Crippen LogP contribution in [0.25, 0.3) is 17.0 Å². The molecule has 3 aromatic rings. The van der Waals surface area contributed by atoms with Crippen LogP contribution >= 0.6 is 11.6 Å². The molecule has 3 rings (SSSR count). The van der Waals surface area contributed by atoms with Crippen LogP contribution in [0.4, 0.5) is 5.69 Å². The summed E-state index contributed by atoms with van der Waals surface area (Å²) < 4.78 is 1.74. The minimum atomic E-state index is 0.612. The average molecular weight is 259 g/mol. The van der Waals surface area contributed by atoms with Gasteiger partial charge in [-0.2, -0.15) is 0 Å². The van der Waals surface area contributed by atoms with Crippen LogP contribution in [0.2, 0.25) is 5.02 Å². The van der Waals surface area contributed by atoms with Crippen molar-refractivity contribution < 1.29 is 0 Å². The van der Waals surface area contributed by atoms with E-state index in [0.29, 0.717) is 22.2 Å². The molecule has 2 N–H and O–H groups in total. The summed E-state index contributed by atoms with van der Waals surface area (Å²) in [6.45, 7) is 1.96. The number of anilines is 1. The standard InChI is InChI=1S/C13H11ClN4/c1-8-5-6-11(15)13-16-12(17-18(8)13)9-3-2-4-10(14)7-9/h2-7H,15H2,1H3. The first-order chi connectivity index (χ1) is 8.65. The number of fused-ring (bicyclic) bond motifs is 1. The van der Waals surface area contributed by atoms with Gasteiger partial charge in [-0.3, -0.25) is 0 Å². The number of nitrogens with zero attached hydrogens (tertiary/aromatic N) is 3. The topological polar surface area (TPSA) is 56.2 Å².